The number of halogens is 3. The van der Waals surface area contributed by atoms with Crippen LogP contribution < -0.4 is 0 Å². The van der Waals surface area contributed by atoms with Crippen LogP contribution in [-0.4, -0.2) is 6.21 Å². The van der Waals surface area contributed by atoms with Crippen molar-refractivity contribution in [3.63, 3.8) is 0 Å². The van der Waals surface area contributed by atoms with Gasteiger partial charge in [-0.15, -0.1) is 11.3 Å². The van der Waals surface area contributed by atoms with Crippen molar-refractivity contribution in [2.24, 2.45) is 4.99 Å². The van der Waals surface area contributed by atoms with Gasteiger partial charge in [-0.1, -0.05) is 40.9 Å². The van der Waals surface area contributed by atoms with E-state index in [2.05, 4.69) is 4.99 Å². The van der Waals surface area contributed by atoms with Gasteiger partial charge in [0.2, 0.25) is 0 Å². The molecule has 0 radical (unpaired) electrons. The number of hydrogen-bond donors (Lipinski definition) is 0. The van der Waals surface area contributed by atoms with E-state index in [0.717, 1.165) is 4.88 Å². The topological polar surface area (TPSA) is 12.4 Å². The Bertz CT molecular complexity index is 520. The minimum Gasteiger partial charge on any atom is -0.254 e. The summed E-state index contributed by atoms with van der Waals surface area (Å²) < 4.78 is 0. The van der Waals surface area contributed by atoms with Gasteiger partial charge in [0.25, 0.3) is 0 Å². The van der Waals surface area contributed by atoms with Crippen molar-refractivity contribution in [1.29, 1.82) is 0 Å². The first kappa shape index (κ1) is 11.9. The Morgan fingerprint density at radius 1 is 1.06 bits per heavy atom. The van der Waals surface area contributed by atoms with Gasteiger partial charge in [0.05, 0.1) is 20.8 Å². The van der Waals surface area contributed by atoms with E-state index < -0.39 is 0 Å². The lowest BCUT2D eigenvalue weighted by Crippen LogP contribution is -1.75. The molecule has 0 saturated carbocycles. The van der Waals surface area contributed by atoms with Crippen LogP contribution in [0.1, 0.15) is 4.88 Å². The van der Waals surface area contributed by atoms with E-state index in [1.807, 2.05) is 17.5 Å². The van der Waals surface area contributed by atoms with E-state index in [1.165, 1.54) is 0 Å². The highest BCUT2D eigenvalue weighted by Crippen LogP contribution is 2.33. The van der Waals surface area contributed by atoms with Crippen LogP contribution in [0.5, 0.6) is 0 Å². The summed E-state index contributed by atoms with van der Waals surface area (Å²) in [5.41, 5.74) is 0.615. The second kappa shape index (κ2) is 5.19. The van der Waals surface area contributed by atoms with Crippen LogP contribution in [-0.2, 0) is 0 Å². The van der Waals surface area contributed by atoms with Crippen LogP contribution in [0.3, 0.4) is 0 Å². The van der Waals surface area contributed by atoms with Crippen molar-refractivity contribution in [3.8, 4) is 0 Å². The molecule has 2 aromatic rings. The molecule has 1 aromatic carbocycles. The third kappa shape index (κ3) is 2.77. The van der Waals surface area contributed by atoms with Crippen LogP contribution in [0.15, 0.2) is 34.6 Å². The van der Waals surface area contributed by atoms with Gasteiger partial charge in [-0.05, 0) is 23.6 Å². The molecule has 0 aliphatic rings. The minimum atomic E-state index is 0.432. The molecule has 1 heterocycles. The Kier molecular flexibility index (Phi) is 3.87. The maximum atomic E-state index is 5.99. The Hall–Kier alpha value is -0.540. The molecule has 0 saturated heterocycles. The number of aliphatic imine (C=N–C) groups is 1. The third-order valence-corrected chi connectivity index (χ3v) is 3.70. The molecule has 0 fully saturated rings. The Morgan fingerprint density at radius 2 is 1.81 bits per heavy atom. The summed E-state index contributed by atoms with van der Waals surface area (Å²) in [7, 11) is 0. The lowest BCUT2D eigenvalue weighted by atomic mass is 10.3. The minimum absolute atomic E-state index is 0.432. The normalized spacial score (nSPS) is 11.2. The number of rotatable bonds is 2. The van der Waals surface area contributed by atoms with Crippen molar-refractivity contribution in [2.75, 3.05) is 0 Å². The van der Waals surface area contributed by atoms with Crippen LogP contribution in [0.4, 0.5) is 5.69 Å². The van der Waals surface area contributed by atoms with Gasteiger partial charge in [-0.25, -0.2) is 0 Å². The first-order valence-corrected chi connectivity index (χ1v) is 6.40. The fourth-order valence-corrected chi connectivity index (χ4v) is 2.28. The van der Waals surface area contributed by atoms with Gasteiger partial charge < -0.3 is 0 Å². The molecule has 1 nitrogen and oxygen atoms in total. The maximum absolute atomic E-state index is 5.99. The summed E-state index contributed by atoms with van der Waals surface area (Å²) in [6.07, 6.45) is 1.75. The fraction of sp³-hybridized carbons (Fsp3) is 0. The monoisotopic (exact) mass is 289 g/mol. The predicted molar refractivity (Wildman–Crippen MR) is 73.0 cm³/mol. The number of thiophene rings is 1. The standard InChI is InChI=1S/C11H6Cl3NS/c12-8-4-10(14)11(5-9(8)13)15-6-7-2-1-3-16-7/h1-6H. The number of benzene rings is 1. The predicted octanol–water partition coefficient (Wildman–Crippen LogP) is 5.46. The number of hydrogen-bond acceptors (Lipinski definition) is 2. The van der Waals surface area contributed by atoms with E-state index in [9.17, 15) is 0 Å². The molecule has 82 valence electrons. The van der Waals surface area contributed by atoms with Gasteiger partial charge in [0.1, 0.15) is 0 Å². The summed E-state index contributed by atoms with van der Waals surface area (Å²) >= 11 is 19.3. The Labute approximate surface area is 112 Å². The van der Waals surface area contributed by atoms with Crippen LogP contribution in [0, 0.1) is 0 Å². The molecule has 5 heteroatoms. The van der Waals surface area contributed by atoms with E-state index in [-0.39, 0.29) is 0 Å². The molecule has 0 N–H and O–H groups in total. The molecule has 0 aliphatic heterocycles. The quantitative estimate of drug-likeness (QED) is 0.514. The highest BCUT2D eigenvalue weighted by molar-refractivity contribution is 7.11. The summed E-state index contributed by atoms with van der Waals surface area (Å²) in [5, 5.41) is 3.35. The lowest BCUT2D eigenvalue weighted by Gasteiger charge is -2.00. The van der Waals surface area contributed by atoms with Crippen molar-refractivity contribution >= 4 is 58.0 Å². The summed E-state index contributed by atoms with van der Waals surface area (Å²) in [5.74, 6) is 0. The molecular formula is C11H6Cl3NS. The second-order valence-electron chi connectivity index (χ2n) is 2.99. The van der Waals surface area contributed by atoms with Gasteiger partial charge in [0.15, 0.2) is 0 Å². The molecule has 0 atom stereocenters. The van der Waals surface area contributed by atoms with E-state index >= 15 is 0 Å². The highest BCUT2D eigenvalue weighted by Gasteiger charge is 2.04. The zero-order valence-electron chi connectivity index (χ0n) is 7.95. The molecule has 2 rings (SSSR count). The van der Waals surface area contributed by atoms with E-state index in [4.69, 9.17) is 34.8 Å². The average Bonchev–Trinajstić information content (AvgIpc) is 2.74. The molecular weight excluding hydrogens is 285 g/mol. The van der Waals surface area contributed by atoms with Crippen molar-refractivity contribution < 1.29 is 0 Å². The first-order valence-electron chi connectivity index (χ1n) is 4.39. The maximum Gasteiger partial charge on any atom is 0.0832 e. The Morgan fingerprint density at radius 3 is 2.50 bits per heavy atom. The molecule has 0 bridgehead atoms. The molecule has 0 aliphatic carbocycles. The van der Waals surface area contributed by atoms with E-state index in [1.54, 1.807) is 29.7 Å². The van der Waals surface area contributed by atoms with E-state index in [0.29, 0.717) is 20.8 Å². The second-order valence-corrected chi connectivity index (χ2v) is 5.19. The molecule has 0 amide bonds. The lowest BCUT2D eigenvalue weighted by molar-refractivity contribution is 1.54. The fourth-order valence-electron chi connectivity index (χ4n) is 1.11. The zero-order valence-corrected chi connectivity index (χ0v) is 11.0. The van der Waals surface area contributed by atoms with Gasteiger partial charge >= 0.3 is 0 Å². The van der Waals surface area contributed by atoms with Crippen LogP contribution in [0.25, 0.3) is 0 Å². The summed E-state index contributed by atoms with van der Waals surface area (Å²) in [4.78, 5) is 5.32. The Balaban J connectivity index is 2.31. The smallest absolute Gasteiger partial charge is 0.0832 e. The van der Waals surface area contributed by atoms with Gasteiger partial charge in [-0.3, -0.25) is 4.99 Å². The number of nitrogens with zero attached hydrogens (tertiary/aromatic N) is 1. The average molecular weight is 291 g/mol. The third-order valence-electron chi connectivity index (χ3n) is 1.86. The molecule has 0 unspecified atom stereocenters. The molecule has 1 aromatic heterocycles. The van der Waals surface area contributed by atoms with Crippen molar-refractivity contribution in [3.05, 3.63) is 49.6 Å². The SMILES string of the molecule is Clc1cc(Cl)c(N=Cc2cccs2)cc1Cl. The zero-order chi connectivity index (χ0) is 11.5. The van der Waals surface area contributed by atoms with Crippen molar-refractivity contribution in [2.45, 2.75) is 0 Å². The largest absolute Gasteiger partial charge is 0.254 e. The summed E-state index contributed by atoms with van der Waals surface area (Å²) in [6.45, 7) is 0. The van der Waals surface area contributed by atoms with Crippen molar-refractivity contribution in [1.82, 2.24) is 0 Å². The summed E-state index contributed by atoms with van der Waals surface area (Å²) in [6, 6.07) is 7.17. The van der Waals surface area contributed by atoms with Crippen LogP contribution in [0.2, 0.25) is 15.1 Å². The van der Waals surface area contributed by atoms with Crippen LogP contribution >= 0.6 is 46.1 Å². The molecule has 16 heavy (non-hydrogen) atoms. The van der Waals surface area contributed by atoms with Gasteiger partial charge in [0, 0.05) is 11.1 Å². The highest BCUT2D eigenvalue weighted by atomic mass is 35.5. The molecule has 0 spiro atoms. The van der Waals surface area contributed by atoms with Gasteiger partial charge in [-0.2, -0.15) is 0 Å². The first-order chi connectivity index (χ1) is 7.66.